The molecule has 0 aliphatic carbocycles. The first-order valence-corrected chi connectivity index (χ1v) is 3.19. The van der Waals surface area contributed by atoms with Gasteiger partial charge in [0.05, 0.1) is 6.10 Å². The fourth-order valence-electron chi connectivity index (χ4n) is 0.472. The largest absolute Gasteiger partial charge is 0.494 e. The van der Waals surface area contributed by atoms with Gasteiger partial charge >= 0.3 is 7.62 Å². The van der Waals surface area contributed by atoms with E-state index in [9.17, 15) is 0 Å². The van der Waals surface area contributed by atoms with Gasteiger partial charge < -0.3 is 14.9 Å². The number of nitrogens with one attached hydrogen (secondary N) is 1. The summed E-state index contributed by atoms with van der Waals surface area (Å²) in [6.45, 7) is 0.615. The van der Waals surface area contributed by atoms with Crippen LogP contribution in [0.25, 0.3) is 0 Å². The predicted octanol–water partition coefficient (Wildman–Crippen LogP) is -3.18. The molecule has 50 valence electrons. The SMILES string of the molecule is BCC(O)CNBOB. The van der Waals surface area contributed by atoms with Crippen molar-refractivity contribution in [3.05, 3.63) is 0 Å². The molecule has 0 bridgehead atoms. The molecule has 1 atom stereocenters. The van der Waals surface area contributed by atoms with Gasteiger partial charge in [0.1, 0.15) is 7.85 Å². The van der Waals surface area contributed by atoms with Crippen LogP contribution in [0.1, 0.15) is 0 Å². The molecule has 0 aliphatic rings. The molecule has 3 nitrogen and oxygen atoms in total. The summed E-state index contributed by atoms with van der Waals surface area (Å²) in [4.78, 5) is 0. The van der Waals surface area contributed by atoms with Gasteiger partial charge in [-0.1, -0.05) is 6.32 Å². The molecule has 2 N–H and O–H groups in total. The second-order valence-corrected chi connectivity index (χ2v) is 1.95. The Morgan fingerprint density at radius 1 is 1.78 bits per heavy atom. The molecule has 1 unspecified atom stereocenters. The van der Waals surface area contributed by atoms with Crippen molar-refractivity contribution in [2.24, 2.45) is 0 Å². The maximum absolute atomic E-state index is 8.97. The van der Waals surface area contributed by atoms with Gasteiger partial charge in [-0.05, 0) is 0 Å². The molecule has 6 heteroatoms. The van der Waals surface area contributed by atoms with Crippen LogP contribution < -0.4 is 5.23 Å². The second-order valence-electron chi connectivity index (χ2n) is 1.95. The van der Waals surface area contributed by atoms with E-state index in [1.807, 2.05) is 7.85 Å². The molecule has 0 aromatic rings. The minimum absolute atomic E-state index is 0.236. The third-order valence-electron chi connectivity index (χ3n) is 1.10. The van der Waals surface area contributed by atoms with Gasteiger partial charge in [0.2, 0.25) is 8.05 Å². The third-order valence-corrected chi connectivity index (χ3v) is 1.10. The van der Waals surface area contributed by atoms with E-state index in [1.54, 1.807) is 8.05 Å². The highest BCUT2D eigenvalue weighted by molar-refractivity contribution is 6.31. The standard InChI is InChI=1S/C3H12B3NO2/c4-1-3(8)2-7-6-9-5/h3,6-8H,1-2,4-5H2. The molecule has 0 aliphatic heterocycles. The highest BCUT2D eigenvalue weighted by atomic mass is 16.4. The maximum atomic E-state index is 8.97. The van der Waals surface area contributed by atoms with Crippen LogP contribution in [0.5, 0.6) is 0 Å². The Balaban J connectivity index is 2.88. The summed E-state index contributed by atoms with van der Waals surface area (Å²) in [5.74, 6) is 0. The van der Waals surface area contributed by atoms with Crippen LogP contribution in [0.2, 0.25) is 6.32 Å². The number of hydrogen-bond acceptors (Lipinski definition) is 3. The van der Waals surface area contributed by atoms with E-state index in [4.69, 9.17) is 9.68 Å². The normalized spacial score (nSPS) is 13.0. The summed E-state index contributed by atoms with van der Waals surface area (Å²) in [6, 6.07) is 0. The summed E-state index contributed by atoms with van der Waals surface area (Å²) in [5.41, 5.74) is 0. The van der Waals surface area contributed by atoms with Crippen molar-refractivity contribution in [2.45, 2.75) is 12.4 Å². The number of hydrogen-bond donors (Lipinski definition) is 2. The summed E-state index contributed by atoms with van der Waals surface area (Å²) < 4.78 is 4.71. The van der Waals surface area contributed by atoms with Gasteiger partial charge in [-0.25, -0.2) is 0 Å². The molecule has 0 fully saturated rings. The number of aliphatic hydroxyl groups excluding tert-OH is 1. The Kier molecular flexibility index (Phi) is 6.25. The van der Waals surface area contributed by atoms with Gasteiger partial charge in [-0.3, -0.25) is 0 Å². The lowest BCUT2D eigenvalue weighted by Crippen LogP contribution is -2.30. The minimum atomic E-state index is -0.236. The Morgan fingerprint density at radius 2 is 2.44 bits per heavy atom. The summed E-state index contributed by atoms with van der Waals surface area (Å²) in [7, 11) is 4.07. The van der Waals surface area contributed by atoms with Gasteiger partial charge in [0.25, 0.3) is 0 Å². The minimum Gasteiger partial charge on any atom is -0.494 e. The third kappa shape index (κ3) is 5.95. The topological polar surface area (TPSA) is 41.5 Å². The van der Waals surface area contributed by atoms with E-state index in [2.05, 4.69) is 5.23 Å². The zero-order valence-corrected chi connectivity index (χ0v) is 6.05. The first kappa shape index (κ1) is 9.07. The first-order valence-electron chi connectivity index (χ1n) is 3.19. The molecule has 0 aromatic carbocycles. The fraction of sp³-hybridized carbons (Fsp3) is 1.00. The molecule has 0 saturated heterocycles. The van der Waals surface area contributed by atoms with Crippen LogP contribution >= 0.6 is 0 Å². The van der Waals surface area contributed by atoms with Gasteiger partial charge in [0.15, 0.2) is 0 Å². The van der Waals surface area contributed by atoms with E-state index in [-0.39, 0.29) is 6.10 Å². The summed E-state index contributed by atoms with van der Waals surface area (Å²) in [6.07, 6.45) is 0.552. The van der Waals surface area contributed by atoms with Crippen LogP contribution in [-0.2, 0) is 4.57 Å². The van der Waals surface area contributed by atoms with Crippen molar-refractivity contribution in [3.8, 4) is 0 Å². The Hall–Kier alpha value is 0.0748. The molecule has 0 aromatic heterocycles. The van der Waals surface area contributed by atoms with Crippen molar-refractivity contribution >= 4 is 23.5 Å². The molecule has 0 heterocycles. The molecular weight excluding hydrogens is 114 g/mol. The van der Waals surface area contributed by atoms with Gasteiger partial charge in [0, 0.05) is 6.54 Å². The molecule has 9 heavy (non-hydrogen) atoms. The average molecular weight is 127 g/mol. The molecular formula is C3H12B3NO2. The van der Waals surface area contributed by atoms with Crippen molar-refractivity contribution in [3.63, 3.8) is 0 Å². The zero-order valence-electron chi connectivity index (χ0n) is 6.05. The zero-order chi connectivity index (χ0) is 7.11. The van der Waals surface area contributed by atoms with Crippen LogP contribution in [0.4, 0.5) is 0 Å². The lowest BCUT2D eigenvalue weighted by Gasteiger charge is -2.06. The van der Waals surface area contributed by atoms with Crippen molar-refractivity contribution in [2.75, 3.05) is 6.54 Å². The highest BCUT2D eigenvalue weighted by Gasteiger charge is 1.97. The highest BCUT2D eigenvalue weighted by Crippen LogP contribution is 1.82. The Bertz CT molecular complexity index is 65.0. The van der Waals surface area contributed by atoms with Crippen LogP contribution in [-0.4, -0.2) is 41.3 Å². The van der Waals surface area contributed by atoms with Crippen molar-refractivity contribution in [1.29, 1.82) is 0 Å². The molecule has 0 amide bonds. The molecule has 0 spiro atoms. The van der Waals surface area contributed by atoms with E-state index in [0.29, 0.717) is 14.2 Å². The van der Waals surface area contributed by atoms with Gasteiger partial charge in [-0.2, -0.15) is 0 Å². The van der Waals surface area contributed by atoms with E-state index in [1.165, 1.54) is 0 Å². The second kappa shape index (κ2) is 6.20. The van der Waals surface area contributed by atoms with E-state index >= 15 is 0 Å². The first-order chi connectivity index (χ1) is 4.31. The lowest BCUT2D eigenvalue weighted by atomic mass is 9.99. The summed E-state index contributed by atoms with van der Waals surface area (Å²) in [5, 5.41) is 11.9. The van der Waals surface area contributed by atoms with Crippen molar-refractivity contribution in [1.82, 2.24) is 5.23 Å². The quantitative estimate of drug-likeness (QED) is 0.302. The van der Waals surface area contributed by atoms with Gasteiger partial charge in [-0.15, -0.1) is 0 Å². The van der Waals surface area contributed by atoms with Crippen molar-refractivity contribution < 1.29 is 9.68 Å². The van der Waals surface area contributed by atoms with Crippen LogP contribution in [0, 0.1) is 0 Å². The van der Waals surface area contributed by atoms with E-state index in [0.717, 1.165) is 6.32 Å². The van der Waals surface area contributed by atoms with Crippen LogP contribution in [0.15, 0.2) is 0 Å². The average Bonchev–Trinajstić information content (AvgIpc) is 1.89. The maximum Gasteiger partial charge on any atom is 0.345 e. The molecule has 0 radical (unpaired) electrons. The van der Waals surface area contributed by atoms with Crippen LogP contribution in [0.3, 0.4) is 0 Å². The monoisotopic (exact) mass is 127 g/mol. The lowest BCUT2D eigenvalue weighted by molar-refractivity contribution is 0.198. The number of rotatable bonds is 5. The Morgan fingerprint density at radius 3 is 2.89 bits per heavy atom. The smallest absolute Gasteiger partial charge is 0.345 e. The Labute approximate surface area is 58.3 Å². The summed E-state index contributed by atoms with van der Waals surface area (Å²) >= 11 is 0. The number of aliphatic hydroxyl groups is 1. The van der Waals surface area contributed by atoms with E-state index < -0.39 is 0 Å². The molecule has 0 rings (SSSR count). The fourth-order valence-corrected chi connectivity index (χ4v) is 0.472. The molecule has 0 saturated carbocycles. The predicted molar refractivity (Wildman–Crippen MR) is 44.1 cm³/mol.